The van der Waals surface area contributed by atoms with Crippen molar-refractivity contribution in [2.45, 2.75) is 19.8 Å². The molecule has 0 unspecified atom stereocenters. The number of nitrogens with two attached hydrogens (primary N) is 1. The third kappa shape index (κ3) is 4.57. The van der Waals surface area contributed by atoms with Gasteiger partial charge >= 0.3 is 0 Å². The van der Waals surface area contributed by atoms with Gasteiger partial charge in [-0.15, -0.1) is 0 Å². The Labute approximate surface area is 130 Å². The number of ether oxygens (including phenoxy) is 2. The fraction of sp³-hybridized carbons (Fsp3) is 0.294. The molecule has 112 valence electrons. The number of nitrogen functional groups attached to an aromatic ring is 1. The fourth-order valence-corrected chi connectivity index (χ4v) is 2.00. The lowest BCUT2D eigenvalue weighted by molar-refractivity contribution is 0.217. The van der Waals surface area contributed by atoms with Crippen LogP contribution in [-0.4, -0.2) is 13.2 Å². The molecule has 0 spiro atoms. The lowest BCUT2D eigenvalue weighted by Crippen LogP contribution is -2.09. The van der Waals surface area contributed by atoms with Crippen LogP contribution in [0.4, 0.5) is 5.69 Å². The minimum Gasteiger partial charge on any atom is -0.490 e. The summed E-state index contributed by atoms with van der Waals surface area (Å²) in [6.07, 6.45) is 0. The molecule has 0 radical (unpaired) electrons. The molecule has 4 heteroatoms. The molecule has 3 nitrogen and oxygen atoms in total. The first-order valence-electron chi connectivity index (χ1n) is 6.97. The topological polar surface area (TPSA) is 44.5 Å². The van der Waals surface area contributed by atoms with E-state index in [9.17, 15) is 0 Å². The van der Waals surface area contributed by atoms with Gasteiger partial charge in [-0.1, -0.05) is 37.6 Å². The highest BCUT2D eigenvalue weighted by molar-refractivity contribution is 6.33. The van der Waals surface area contributed by atoms with Crippen LogP contribution in [0.3, 0.4) is 0 Å². The molecule has 0 aliphatic heterocycles. The Morgan fingerprint density at radius 1 is 0.952 bits per heavy atom. The second kappa shape index (κ2) is 7.23. The summed E-state index contributed by atoms with van der Waals surface area (Å²) in [6.45, 7) is 5.26. The van der Waals surface area contributed by atoms with Gasteiger partial charge in [0.15, 0.2) is 0 Å². The van der Waals surface area contributed by atoms with Gasteiger partial charge in [-0.25, -0.2) is 0 Å². The molecule has 0 fully saturated rings. The maximum absolute atomic E-state index is 5.85. The van der Waals surface area contributed by atoms with Crippen molar-refractivity contribution >= 4 is 17.3 Å². The monoisotopic (exact) mass is 305 g/mol. The van der Waals surface area contributed by atoms with E-state index in [-0.39, 0.29) is 0 Å². The molecule has 0 aliphatic carbocycles. The van der Waals surface area contributed by atoms with Crippen LogP contribution in [-0.2, 0) is 0 Å². The van der Waals surface area contributed by atoms with E-state index in [0.717, 1.165) is 5.75 Å². The summed E-state index contributed by atoms with van der Waals surface area (Å²) >= 11 is 5.85. The Bertz CT molecular complexity index is 582. The summed E-state index contributed by atoms with van der Waals surface area (Å²) in [5.41, 5.74) is 7.53. The van der Waals surface area contributed by atoms with Gasteiger partial charge in [-0.2, -0.15) is 0 Å². The number of hydrogen-bond donors (Lipinski definition) is 1. The first-order chi connectivity index (χ1) is 10.1. The van der Waals surface area contributed by atoms with Crippen molar-refractivity contribution in [1.82, 2.24) is 0 Å². The molecule has 2 aromatic rings. The summed E-state index contributed by atoms with van der Waals surface area (Å²) in [6, 6.07) is 13.3. The van der Waals surface area contributed by atoms with Crippen molar-refractivity contribution < 1.29 is 9.47 Å². The number of halogens is 1. The maximum Gasteiger partial charge on any atom is 0.122 e. The Balaban J connectivity index is 1.77. The maximum atomic E-state index is 5.85. The Morgan fingerprint density at radius 2 is 1.52 bits per heavy atom. The van der Waals surface area contributed by atoms with E-state index in [0.29, 0.717) is 35.6 Å². The van der Waals surface area contributed by atoms with Crippen molar-refractivity contribution in [3.8, 4) is 11.5 Å². The predicted octanol–water partition coefficient (Wildman–Crippen LogP) is 4.50. The number of anilines is 1. The fourth-order valence-electron chi connectivity index (χ4n) is 1.88. The van der Waals surface area contributed by atoms with Gasteiger partial charge < -0.3 is 15.2 Å². The number of benzene rings is 2. The largest absolute Gasteiger partial charge is 0.490 e. The zero-order valence-corrected chi connectivity index (χ0v) is 13.1. The van der Waals surface area contributed by atoms with E-state index in [1.54, 1.807) is 18.2 Å². The zero-order chi connectivity index (χ0) is 15.2. The highest BCUT2D eigenvalue weighted by Crippen LogP contribution is 2.24. The minimum absolute atomic E-state index is 0.451. The summed E-state index contributed by atoms with van der Waals surface area (Å²) in [5.74, 6) is 2.06. The molecule has 0 heterocycles. The van der Waals surface area contributed by atoms with Gasteiger partial charge in [-0.3, -0.25) is 0 Å². The molecule has 2 rings (SSSR count). The first-order valence-corrected chi connectivity index (χ1v) is 7.34. The first kappa shape index (κ1) is 15.5. The molecule has 0 atom stereocenters. The number of hydrogen-bond acceptors (Lipinski definition) is 3. The Hall–Kier alpha value is -1.87. The van der Waals surface area contributed by atoms with Crippen LogP contribution >= 0.6 is 11.6 Å². The highest BCUT2D eigenvalue weighted by Gasteiger charge is 2.01. The summed E-state index contributed by atoms with van der Waals surface area (Å²) in [7, 11) is 0. The quantitative estimate of drug-likeness (QED) is 0.631. The van der Waals surface area contributed by atoms with Crippen LogP contribution in [0, 0.1) is 0 Å². The molecule has 0 aromatic heterocycles. The molecule has 21 heavy (non-hydrogen) atoms. The standard InChI is InChI=1S/C17H20ClNO2/c1-12(2)13-3-5-14(6-4-13)20-9-10-21-15-7-8-16(18)17(19)11-15/h3-8,11-12H,9-10,19H2,1-2H3. The van der Waals surface area contributed by atoms with E-state index < -0.39 is 0 Å². The molecule has 0 saturated heterocycles. The molecule has 0 aliphatic rings. The SMILES string of the molecule is CC(C)c1ccc(OCCOc2ccc(Cl)c(N)c2)cc1. The molecule has 0 amide bonds. The Morgan fingerprint density at radius 3 is 2.10 bits per heavy atom. The van der Waals surface area contributed by atoms with Gasteiger partial charge in [0.05, 0.1) is 10.7 Å². The third-order valence-electron chi connectivity index (χ3n) is 3.14. The minimum atomic E-state index is 0.451. The summed E-state index contributed by atoms with van der Waals surface area (Å²) in [5, 5.41) is 0.531. The average Bonchev–Trinajstić information content (AvgIpc) is 2.47. The van der Waals surface area contributed by atoms with E-state index in [2.05, 4.69) is 26.0 Å². The smallest absolute Gasteiger partial charge is 0.122 e. The predicted molar refractivity (Wildman–Crippen MR) is 87.4 cm³/mol. The van der Waals surface area contributed by atoms with Crippen molar-refractivity contribution in [1.29, 1.82) is 0 Å². The van der Waals surface area contributed by atoms with E-state index in [1.165, 1.54) is 5.56 Å². The van der Waals surface area contributed by atoms with Crippen LogP contribution in [0.1, 0.15) is 25.3 Å². The second-order valence-electron chi connectivity index (χ2n) is 5.10. The zero-order valence-electron chi connectivity index (χ0n) is 12.3. The van der Waals surface area contributed by atoms with Crippen molar-refractivity contribution in [2.24, 2.45) is 0 Å². The van der Waals surface area contributed by atoms with Crippen molar-refractivity contribution in [3.05, 3.63) is 53.1 Å². The lowest BCUT2D eigenvalue weighted by Gasteiger charge is -2.10. The van der Waals surface area contributed by atoms with Crippen LogP contribution in [0.5, 0.6) is 11.5 Å². The van der Waals surface area contributed by atoms with Crippen LogP contribution in [0.15, 0.2) is 42.5 Å². The van der Waals surface area contributed by atoms with Gasteiger partial charge in [-0.05, 0) is 35.7 Å². The van der Waals surface area contributed by atoms with Gasteiger partial charge in [0.25, 0.3) is 0 Å². The highest BCUT2D eigenvalue weighted by atomic mass is 35.5. The van der Waals surface area contributed by atoms with Gasteiger partial charge in [0, 0.05) is 6.07 Å². The number of rotatable bonds is 6. The van der Waals surface area contributed by atoms with Crippen LogP contribution in [0.2, 0.25) is 5.02 Å². The molecular weight excluding hydrogens is 286 g/mol. The molecule has 0 bridgehead atoms. The molecule has 0 saturated carbocycles. The summed E-state index contributed by atoms with van der Waals surface area (Å²) in [4.78, 5) is 0. The van der Waals surface area contributed by atoms with Crippen molar-refractivity contribution in [2.75, 3.05) is 18.9 Å². The van der Waals surface area contributed by atoms with Gasteiger partial charge in [0.1, 0.15) is 24.7 Å². The molecule has 2 N–H and O–H groups in total. The average molecular weight is 306 g/mol. The van der Waals surface area contributed by atoms with E-state index >= 15 is 0 Å². The van der Waals surface area contributed by atoms with E-state index in [4.69, 9.17) is 26.8 Å². The van der Waals surface area contributed by atoms with Gasteiger partial charge in [0.2, 0.25) is 0 Å². The van der Waals surface area contributed by atoms with Crippen LogP contribution < -0.4 is 15.2 Å². The molecule has 2 aromatic carbocycles. The second-order valence-corrected chi connectivity index (χ2v) is 5.51. The molecular formula is C17H20ClNO2. The van der Waals surface area contributed by atoms with Crippen LogP contribution in [0.25, 0.3) is 0 Å². The van der Waals surface area contributed by atoms with E-state index in [1.807, 2.05) is 12.1 Å². The Kier molecular flexibility index (Phi) is 5.34. The lowest BCUT2D eigenvalue weighted by atomic mass is 10.0. The normalized spacial score (nSPS) is 10.7. The summed E-state index contributed by atoms with van der Waals surface area (Å²) < 4.78 is 11.2. The third-order valence-corrected chi connectivity index (χ3v) is 3.48. The van der Waals surface area contributed by atoms with Crippen molar-refractivity contribution in [3.63, 3.8) is 0 Å².